The summed E-state index contributed by atoms with van der Waals surface area (Å²) < 4.78 is 4.78. The molecule has 20 heavy (non-hydrogen) atoms. The molecule has 1 atom stereocenters. The molecule has 2 heterocycles. The van der Waals surface area contributed by atoms with E-state index in [4.69, 9.17) is 4.52 Å². The molecule has 0 aromatic carbocycles. The second-order valence-electron chi connectivity index (χ2n) is 4.84. The highest BCUT2D eigenvalue weighted by Gasteiger charge is 2.23. The third-order valence-corrected chi connectivity index (χ3v) is 3.20. The number of guanidine groups is 1. The second-order valence-corrected chi connectivity index (χ2v) is 4.84. The number of likely N-dealkylation sites (tertiary alicyclic amines) is 1. The summed E-state index contributed by atoms with van der Waals surface area (Å²) in [5, 5.41) is 10.4. The maximum atomic E-state index is 11.5. The Morgan fingerprint density at radius 3 is 3.15 bits per heavy atom. The summed E-state index contributed by atoms with van der Waals surface area (Å²) in [5.74, 6) is 0.941. The van der Waals surface area contributed by atoms with Crippen LogP contribution in [-0.4, -0.2) is 48.1 Å². The van der Waals surface area contributed by atoms with Gasteiger partial charge in [0, 0.05) is 38.7 Å². The smallest absolute Gasteiger partial charge is 0.222 e. The van der Waals surface area contributed by atoms with Gasteiger partial charge in [-0.2, -0.15) is 0 Å². The van der Waals surface area contributed by atoms with Crippen molar-refractivity contribution in [1.29, 1.82) is 0 Å². The number of nitrogens with one attached hydrogen (secondary N) is 2. The second kappa shape index (κ2) is 6.93. The molecule has 110 valence electrons. The van der Waals surface area contributed by atoms with Gasteiger partial charge in [0.1, 0.15) is 12.0 Å². The molecule has 1 saturated heterocycles. The van der Waals surface area contributed by atoms with Crippen LogP contribution in [0.1, 0.15) is 25.5 Å². The number of likely N-dealkylation sites (N-methyl/N-ethyl adjacent to an activating group) is 1. The van der Waals surface area contributed by atoms with Crippen LogP contribution in [0.25, 0.3) is 0 Å². The van der Waals surface area contributed by atoms with Crippen molar-refractivity contribution in [3.8, 4) is 0 Å². The molecule has 1 aliphatic rings. The third-order valence-electron chi connectivity index (χ3n) is 3.20. The highest BCUT2D eigenvalue weighted by Crippen LogP contribution is 2.09. The van der Waals surface area contributed by atoms with Gasteiger partial charge in [0.05, 0.1) is 6.54 Å². The van der Waals surface area contributed by atoms with E-state index in [2.05, 4.69) is 20.8 Å². The van der Waals surface area contributed by atoms with Crippen LogP contribution in [0.5, 0.6) is 0 Å². The predicted molar refractivity (Wildman–Crippen MR) is 75.1 cm³/mol. The van der Waals surface area contributed by atoms with Crippen molar-refractivity contribution in [3.05, 3.63) is 18.0 Å². The first-order chi connectivity index (χ1) is 9.69. The fraction of sp³-hybridized carbons (Fsp3) is 0.615. The number of hydrogen-bond donors (Lipinski definition) is 2. The molecule has 0 bridgehead atoms. The molecule has 0 saturated carbocycles. The minimum atomic E-state index is 0.201. The molecule has 2 N–H and O–H groups in total. The maximum absolute atomic E-state index is 11.5. The summed E-state index contributed by atoms with van der Waals surface area (Å²) in [6.45, 7) is 3.97. The molecule has 1 fully saturated rings. The van der Waals surface area contributed by atoms with Crippen molar-refractivity contribution in [2.24, 2.45) is 4.99 Å². The lowest BCUT2D eigenvalue weighted by Gasteiger charge is -2.31. The number of rotatable bonds is 4. The standard InChI is InChI=1S/C13H21N5O2/c1-3-14-13(15-8-10-6-7-20-17-10)16-11-4-5-12(19)18(2)9-11/h6-7,11H,3-5,8-9H2,1-2H3,(H2,14,15,16). The molecule has 2 rings (SSSR count). The number of piperidine rings is 1. The molecule has 0 aliphatic carbocycles. The van der Waals surface area contributed by atoms with Gasteiger partial charge in [0.25, 0.3) is 0 Å². The molecule has 1 aromatic rings. The summed E-state index contributed by atoms with van der Waals surface area (Å²) in [6.07, 6.45) is 2.95. The van der Waals surface area contributed by atoms with Crippen molar-refractivity contribution in [1.82, 2.24) is 20.7 Å². The Hall–Kier alpha value is -2.05. The van der Waals surface area contributed by atoms with E-state index < -0.39 is 0 Å². The van der Waals surface area contributed by atoms with Crippen molar-refractivity contribution >= 4 is 11.9 Å². The Balaban J connectivity index is 1.91. The summed E-state index contributed by atoms with van der Waals surface area (Å²) in [4.78, 5) is 17.7. The molecule has 1 unspecified atom stereocenters. The van der Waals surface area contributed by atoms with Gasteiger partial charge in [-0.05, 0) is 13.3 Å². The van der Waals surface area contributed by atoms with Gasteiger partial charge < -0.3 is 20.1 Å². The molecular formula is C13H21N5O2. The van der Waals surface area contributed by atoms with Gasteiger partial charge in [-0.3, -0.25) is 4.79 Å². The Morgan fingerprint density at radius 1 is 1.65 bits per heavy atom. The number of aromatic nitrogens is 1. The van der Waals surface area contributed by atoms with Crippen molar-refractivity contribution in [2.45, 2.75) is 32.4 Å². The highest BCUT2D eigenvalue weighted by atomic mass is 16.5. The fourth-order valence-electron chi connectivity index (χ4n) is 2.12. The van der Waals surface area contributed by atoms with Crippen LogP contribution in [0, 0.1) is 0 Å². The number of aliphatic imine (C=N–C) groups is 1. The van der Waals surface area contributed by atoms with E-state index in [1.54, 1.807) is 11.0 Å². The summed E-state index contributed by atoms with van der Waals surface area (Å²) in [5.41, 5.74) is 0.790. The number of carbonyl (C=O) groups excluding carboxylic acids is 1. The zero-order valence-corrected chi connectivity index (χ0v) is 11.9. The summed E-state index contributed by atoms with van der Waals surface area (Å²) in [7, 11) is 1.83. The Morgan fingerprint density at radius 2 is 2.50 bits per heavy atom. The zero-order chi connectivity index (χ0) is 14.4. The molecule has 7 nitrogen and oxygen atoms in total. The van der Waals surface area contributed by atoms with E-state index in [9.17, 15) is 4.79 Å². The van der Waals surface area contributed by atoms with Crippen molar-refractivity contribution in [3.63, 3.8) is 0 Å². The molecule has 7 heteroatoms. The van der Waals surface area contributed by atoms with Crippen LogP contribution < -0.4 is 10.6 Å². The van der Waals surface area contributed by atoms with E-state index in [0.29, 0.717) is 19.5 Å². The third kappa shape index (κ3) is 3.97. The number of hydrogen-bond acceptors (Lipinski definition) is 4. The Kier molecular flexibility index (Phi) is 4.97. The van der Waals surface area contributed by atoms with E-state index in [1.165, 1.54) is 6.26 Å². The largest absolute Gasteiger partial charge is 0.364 e. The first-order valence-corrected chi connectivity index (χ1v) is 6.87. The number of amides is 1. The van der Waals surface area contributed by atoms with Gasteiger partial charge in [0.15, 0.2) is 5.96 Å². The van der Waals surface area contributed by atoms with E-state index >= 15 is 0 Å². The van der Waals surface area contributed by atoms with E-state index in [1.807, 2.05) is 14.0 Å². The highest BCUT2D eigenvalue weighted by molar-refractivity contribution is 5.81. The normalized spacial score (nSPS) is 20.1. The zero-order valence-electron chi connectivity index (χ0n) is 11.9. The molecule has 0 radical (unpaired) electrons. The van der Waals surface area contributed by atoms with Gasteiger partial charge in [-0.25, -0.2) is 4.99 Å². The van der Waals surface area contributed by atoms with Crippen LogP contribution in [-0.2, 0) is 11.3 Å². The average molecular weight is 279 g/mol. The molecular weight excluding hydrogens is 258 g/mol. The Labute approximate surface area is 118 Å². The molecule has 0 spiro atoms. The van der Waals surface area contributed by atoms with Gasteiger partial charge in [0.2, 0.25) is 5.91 Å². The molecule has 1 aromatic heterocycles. The van der Waals surface area contributed by atoms with Gasteiger partial charge >= 0.3 is 0 Å². The minimum Gasteiger partial charge on any atom is -0.364 e. The fourth-order valence-corrected chi connectivity index (χ4v) is 2.12. The minimum absolute atomic E-state index is 0.201. The van der Waals surface area contributed by atoms with Crippen LogP contribution >= 0.6 is 0 Å². The monoisotopic (exact) mass is 279 g/mol. The van der Waals surface area contributed by atoms with Crippen molar-refractivity contribution < 1.29 is 9.32 Å². The van der Waals surface area contributed by atoms with Gasteiger partial charge in [-0.15, -0.1) is 0 Å². The topological polar surface area (TPSA) is 82.8 Å². The van der Waals surface area contributed by atoms with Crippen LogP contribution in [0.15, 0.2) is 21.8 Å². The quantitative estimate of drug-likeness (QED) is 0.614. The van der Waals surface area contributed by atoms with Gasteiger partial charge in [-0.1, -0.05) is 5.16 Å². The predicted octanol–water partition coefficient (Wildman–Crippen LogP) is 0.351. The maximum Gasteiger partial charge on any atom is 0.222 e. The summed E-state index contributed by atoms with van der Waals surface area (Å²) >= 11 is 0. The molecule has 1 aliphatic heterocycles. The van der Waals surface area contributed by atoms with Crippen molar-refractivity contribution in [2.75, 3.05) is 20.1 Å². The Bertz CT molecular complexity index is 457. The summed E-state index contributed by atoms with van der Waals surface area (Å²) in [6, 6.07) is 2.02. The number of nitrogens with zero attached hydrogens (tertiary/aromatic N) is 3. The first-order valence-electron chi connectivity index (χ1n) is 6.87. The first kappa shape index (κ1) is 14.4. The van der Waals surface area contributed by atoms with Crippen LogP contribution in [0.4, 0.5) is 0 Å². The SMILES string of the molecule is CCNC(=NCc1ccon1)NC1CCC(=O)N(C)C1. The molecule has 1 amide bonds. The lowest BCUT2D eigenvalue weighted by atomic mass is 10.1. The lowest BCUT2D eigenvalue weighted by Crippen LogP contribution is -2.51. The van der Waals surface area contributed by atoms with E-state index in [0.717, 1.165) is 24.6 Å². The lowest BCUT2D eigenvalue weighted by molar-refractivity contribution is -0.132. The van der Waals surface area contributed by atoms with Crippen LogP contribution in [0.3, 0.4) is 0 Å². The average Bonchev–Trinajstić information content (AvgIpc) is 2.94. The van der Waals surface area contributed by atoms with Crippen LogP contribution in [0.2, 0.25) is 0 Å². The van der Waals surface area contributed by atoms with E-state index in [-0.39, 0.29) is 11.9 Å². The number of carbonyl (C=O) groups is 1.